The Hall–Kier alpha value is -0.210. The fourth-order valence-electron chi connectivity index (χ4n) is 2.13. The number of likely N-dealkylation sites (tertiary alicyclic amines) is 1. The molecule has 1 N–H and O–H groups in total. The minimum absolute atomic E-state index is 0.176. The first kappa shape index (κ1) is 15.2. The number of halogens is 1. The van der Waals surface area contributed by atoms with E-state index < -0.39 is 10.0 Å². The summed E-state index contributed by atoms with van der Waals surface area (Å²) in [7, 11) is -3.44. The quantitative estimate of drug-likeness (QED) is 0.813. The first-order valence-electron chi connectivity index (χ1n) is 6.41. The zero-order valence-electron chi connectivity index (χ0n) is 10.6. The zero-order chi connectivity index (χ0) is 13.7. The van der Waals surface area contributed by atoms with Crippen LogP contribution >= 0.6 is 22.9 Å². The second kappa shape index (κ2) is 6.99. The van der Waals surface area contributed by atoms with Crippen LogP contribution in [0.3, 0.4) is 0 Å². The van der Waals surface area contributed by atoms with Gasteiger partial charge in [-0.05, 0) is 38.9 Å². The van der Waals surface area contributed by atoms with Gasteiger partial charge in [-0.2, -0.15) is 0 Å². The van der Waals surface area contributed by atoms with Gasteiger partial charge in [-0.25, -0.2) is 18.1 Å². The van der Waals surface area contributed by atoms with Gasteiger partial charge in [0.05, 0.1) is 6.20 Å². The van der Waals surface area contributed by atoms with E-state index in [4.69, 9.17) is 11.6 Å². The highest BCUT2D eigenvalue weighted by atomic mass is 35.5. The van der Waals surface area contributed by atoms with E-state index in [1.165, 1.54) is 25.5 Å². The van der Waals surface area contributed by atoms with Gasteiger partial charge in [-0.1, -0.05) is 29.4 Å². The van der Waals surface area contributed by atoms with Gasteiger partial charge in [0.15, 0.2) is 8.68 Å². The Kier molecular flexibility index (Phi) is 5.58. The van der Waals surface area contributed by atoms with Crippen LogP contribution in [0.25, 0.3) is 0 Å². The van der Waals surface area contributed by atoms with E-state index in [1.807, 2.05) is 0 Å². The number of aromatic nitrogens is 1. The van der Waals surface area contributed by atoms with Crippen LogP contribution < -0.4 is 4.72 Å². The van der Waals surface area contributed by atoms with Gasteiger partial charge in [0.2, 0.25) is 0 Å². The van der Waals surface area contributed by atoms with Gasteiger partial charge in [0, 0.05) is 6.54 Å². The van der Waals surface area contributed by atoms with Gasteiger partial charge < -0.3 is 4.90 Å². The molecule has 1 aromatic rings. The van der Waals surface area contributed by atoms with E-state index in [2.05, 4.69) is 14.6 Å². The lowest BCUT2D eigenvalue weighted by molar-refractivity contribution is 0.227. The largest absolute Gasteiger partial charge is 0.303 e. The van der Waals surface area contributed by atoms with E-state index in [-0.39, 0.29) is 8.68 Å². The number of piperidine rings is 1. The fourth-order valence-corrected chi connectivity index (χ4v) is 4.54. The molecule has 0 radical (unpaired) electrons. The number of sulfonamides is 1. The van der Waals surface area contributed by atoms with Gasteiger partial charge >= 0.3 is 0 Å². The van der Waals surface area contributed by atoms with E-state index in [1.54, 1.807) is 0 Å². The SMILES string of the molecule is O=S(=O)(NCCCN1CCCCC1)c1cnc(Cl)s1. The summed E-state index contributed by atoms with van der Waals surface area (Å²) in [6.45, 7) is 3.68. The Balaban J connectivity index is 1.72. The summed E-state index contributed by atoms with van der Waals surface area (Å²) < 4.78 is 26.8. The minimum Gasteiger partial charge on any atom is -0.303 e. The van der Waals surface area contributed by atoms with Crippen molar-refractivity contribution in [2.24, 2.45) is 0 Å². The van der Waals surface area contributed by atoms with E-state index in [0.29, 0.717) is 6.54 Å². The second-order valence-electron chi connectivity index (χ2n) is 4.59. The molecule has 108 valence electrons. The molecule has 1 aliphatic rings. The van der Waals surface area contributed by atoms with Crippen molar-refractivity contribution in [2.45, 2.75) is 29.9 Å². The molecule has 8 heteroatoms. The normalized spacial score (nSPS) is 17.7. The van der Waals surface area contributed by atoms with Crippen molar-refractivity contribution < 1.29 is 8.42 Å². The van der Waals surface area contributed by atoms with Crippen LogP contribution in [0, 0.1) is 0 Å². The molecule has 0 amide bonds. The third kappa shape index (κ3) is 4.68. The molecule has 2 heterocycles. The average Bonchev–Trinajstić information content (AvgIpc) is 2.84. The van der Waals surface area contributed by atoms with Crippen LogP contribution in [0.4, 0.5) is 0 Å². The Morgan fingerprint density at radius 1 is 1.37 bits per heavy atom. The predicted octanol–water partition coefficient (Wildman–Crippen LogP) is 1.95. The summed E-state index contributed by atoms with van der Waals surface area (Å²) >= 11 is 6.61. The van der Waals surface area contributed by atoms with Crippen LogP contribution in [-0.2, 0) is 10.0 Å². The smallest absolute Gasteiger partial charge is 0.251 e. The number of rotatable bonds is 6. The molecule has 0 atom stereocenters. The standard InChI is InChI=1S/C11H18ClN3O2S2/c12-11-13-9-10(18-11)19(16,17)14-5-4-8-15-6-2-1-3-7-15/h9,14H,1-8H2. The molecule has 1 saturated heterocycles. The molecule has 19 heavy (non-hydrogen) atoms. The Bertz CT molecular complexity index is 498. The molecule has 0 aromatic carbocycles. The Morgan fingerprint density at radius 2 is 2.11 bits per heavy atom. The summed E-state index contributed by atoms with van der Waals surface area (Å²) in [6.07, 6.45) is 5.94. The second-order valence-corrected chi connectivity index (χ2v) is 8.19. The molecule has 5 nitrogen and oxygen atoms in total. The monoisotopic (exact) mass is 323 g/mol. The van der Waals surface area contributed by atoms with E-state index in [0.717, 1.165) is 37.4 Å². The van der Waals surface area contributed by atoms with Gasteiger partial charge in [0.1, 0.15) is 0 Å². The van der Waals surface area contributed by atoms with Crippen molar-refractivity contribution in [3.63, 3.8) is 0 Å². The van der Waals surface area contributed by atoms with Crippen molar-refractivity contribution in [3.8, 4) is 0 Å². The molecule has 0 unspecified atom stereocenters. The number of nitrogens with one attached hydrogen (secondary N) is 1. The number of hydrogen-bond donors (Lipinski definition) is 1. The molecule has 1 aromatic heterocycles. The highest BCUT2D eigenvalue weighted by Crippen LogP contribution is 2.21. The molecule has 0 spiro atoms. The minimum atomic E-state index is -3.44. The van der Waals surface area contributed by atoms with Crippen LogP contribution in [0.1, 0.15) is 25.7 Å². The maximum Gasteiger partial charge on any atom is 0.251 e. The summed E-state index contributed by atoms with van der Waals surface area (Å²) in [5, 5.41) is 0. The highest BCUT2D eigenvalue weighted by Gasteiger charge is 2.17. The Labute approximate surface area is 123 Å². The molecule has 0 aliphatic carbocycles. The molecule has 0 saturated carbocycles. The third-order valence-corrected chi connectivity index (χ3v) is 6.15. The van der Waals surface area contributed by atoms with Crippen molar-refractivity contribution in [2.75, 3.05) is 26.2 Å². The lowest BCUT2D eigenvalue weighted by Gasteiger charge is -2.26. The third-order valence-electron chi connectivity index (χ3n) is 3.11. The lowest BCUT2D eigenvalue weighted by Crippen LogP contribution is -2.33. The van der Waals surface area contributed by atoms with Gasteiger partial charge in [-0.3, -0.25) is 0 Å². The summed E-state index contributed by atoms with van der Waals surface area (Å²) in [6, 6.07) is 0. The van der Waals surface area contributed by atoms with E-state index in [9.17, 15) is 8.42 Å². The molecule has 0 bridgehead atoms. The molecule has 1 aliphatic heterocycles. The molecular weight excluding hydrogens is 306 g/mol. The van der Waals surface area contributed by atoms with Crippen LogP contribution in [0.2, 0.25) is 4.47 Å². The maximum absolute atomic E-state index is 11.9. The van der Waals surface area contributed by atoms with Crippen molar-refractivity contribution in [3.05, 3.63) is 10.7 Å². The maximum atomic E-state index is 11.9. The van der Waals surface area contributed by atoms with Crippen LogP contribution in [-0.4, -0.2) is 44.5 Å². The first-order chi connectivity index (χ1) is 9.08. The Morgan fingerprint density at radius 3 is 2.74 bits per heavy atom. The average molecular weight is 324 g/mol. The first-order valence-corrected chi connectivity index (χ1v) is 9.09. The topological polar surface area (TPSA) is 62.3 Å². The van der Waals surface area contributed by atoms with Gasteiger partial charge in [0.25, 0.3) is 10.0 Å². The van der Waals surface area contributed by atoms with Crippen LogP contribution in [0.5, 0.6) is 0 Å². The molecule has 1 fully saturated rings. The van der Waals surface area contributed by atoms with Crippen molar-refractivity contribution >= 4 is 33.0 Å². The van der Waals surface area contributed by atoms with E-state index >= 15 is 0 Å². The number of hydrogen-bond acceptors (Lipinski definition) is 5. The lowest BCUT2D eigenvalue weighted by atomic mass is 10.1. The van der Waals surface area contributed by atoms with Crippen LogP contribution in [0.15, 0.2) is 10.4 Å². The summed E-state index contributed by atoms with van der Waals surface area (Å²) in [5.74, 6) is 0. The summed E-state index contributed by atoms with van der Waals surface area (Å²) in [5.41, 5.74) is 0. The fraction of sp³-hybridized carbons (Fsp3) is 0.727. The molecule has 2 rings (SSSR count). The number of thiazole rings is 1. The van der Waals surface area contributed by atoms with Crippen molar-refractivity contribution in [1.29, 1.82) is 0 Å². The molecular formula is C11H18ClN3O2S2. The summed E-state index contributed by atoms with van der Waals surface area (Å²) in [4.78, 5) is 6.13. The van der Waals surface area contributed by atoms with Crippen molar-refractivity contribution in [1.82, 2.24) is 14.6 Å². The predicted molar refractivity (Wildman–Crippen MR) is 77.2 cm³/mol. The zero-order valence-corrected chi connectivity index (χ0v) is 13.0. The highest BCUT2D eigenvalue weighted by molar-refractivity contribution is 7.91. The number of nitrogens with zero attached hydrogens (tertiary/aromatic N) is 2. The van der Waals surface area contributed by atoms with Gasteiger partial charge in [-0.15, -0.1) is 0 Å².